The fraction of sp³-hybridized carbons (Fsp3) is 0.381. The molecule has 0 heterocycles. The van der Waals surface area contributed by atoms with E-state index in [0.717, 1.165) is 42.4 Å². The molecule has 0 fully saturated rings. The second-order valence-corrected chi connectivity index (χ2v) is 14.0. The summed E-state index contributed by atoms with van der Waals surface area (Å²) in [7, 11) is 0. The van der Waals surface area contributed by atoms with E-state index in [2.05, 4.69) is 102 Å². The van der Waals surface area contributed by atoms with E-state index < -0.39 is 0 Å². The van der Waals surface area contributed by atoms with Gasteiger partial charge >= 0.3 is 0 Å². The lowest BCUT2D eigenvalue weighted by molar-refractivity contribution is 0.0979. The SMILES string of the molecule is CCN(CC)CC.NC1CCc2ccccc21.O=C1CC(Br)c2ccccc21.O=C1CC(NC2CCc3ccccc32)c2ccccc21. The van der Waals surface area contributed by atoms with Gasteiger partial charge in [-0.3, -0.25) is 9.59 Å². The average molecular weight is 709 g/mol. The van der Waals surface area contributed by atoms with Gasteiger partial charge in [-0.05, 0) is 78.7 Å². The predicted molar refractivity (Wildman–Crippen MR) is 201 cm³/mol. The van der Waals surface area contributed by atoms with E-state index >= 15 is 0 Å². The normalized spacial score (nSPS) is 21.1. The quantitative estimate of drug-likeness (QED) is 0.202. The van der Waals surface area contributed by atoms with Crippen molar-refractivity contribution < 1.29 is 9.59 Å². The lowest BCUT2D eigenvalue weighted by Crippen LogP contribution is -2.23. The van der Waals surface area contributed by atoms with Gasteiger partial charge in [0.05, 0.1) is 0 Å². The van der Waals surface area contributed by atoms with Crippen molar-refractivity contribution >= 4 is 27.5 Å². The number of nitrogens with two attached hydrogens (primary N) is 1. The molecule has 5 nitrogen and oxygen atoms in total. The van der Waals surface area contributed by atoms with Gasteiger partial charge in [0.1, 0.15) is 0 Å². The van der Waals surface area contributed by atoms with Crippen molar-refractivity contribution in [2.45, 2.75) is 82.2 Å². The first-order valence-corrected chi connectivity index (χ1v) is 18.5. The third-order valence-corrected chi connectivity index (χ3v) is 10.9. The van der Waals surface area contributed by atoms with Gasteiger partial charge in [-0.1, -0.05) is 134 Å². The minimum atomic E-state index is 0.176. The van der Waals surface area contributed by atoms with Crippen LogP contribution in [0.2, 0.25) is 0 Å². The fourth-order valence-corrected chi connectivity index (χ4v) is 7.94. The zero-order valence-corrected chi connectivity index (χ0v) is 30.2. The second kappa shape index (κ2) is 17.3. The molecular formula is C42H50BrN3O2. The van der Waals surface area contributed by atoms with Crippen LogP contribution in [-0.2, 0) is 12.8 Å². The lowest BCUT2D eigenvalue weighted by atomic mass is 10.0. The number of Topliss-reactive ketones (excluding diaryl/α,β-unsaturated/α-hetero) is 2. The summed E-state index contributed by atoms with van der Waals surface area (Å²) in [6, 6.07) is 33.7. The molecule has 0 bridgehead atoms. The van der Waals surface area contributed by atoms with E-state index in [-0.39, 0.29) is 22.4 Å². The second-order valence-electron chi connectivity index (χ2n) is 12.9. The average Bonchev–Trinajstić information content (AvgIpc) is 3.88. The molecule has 0 aromatic heterocycles. The Kier molecular flexibility index (Phi) is 12.9. The van der Waals surface area contributed by atoms with Crippen LogP contribution >= 0.6 is 15.9 Å². The molecule has 4 atom stereocenters. The molecule has 4 aromatic carbocycles. The van der Waals surface area contributed by atoms with Crippen LogP contribution in [0, 0.1) is 0 Å². The molecule has 252 valence electrons. The minimum Gasteiger partial charge on any atom is -0.324 e. The number of nitrogens with zero attached hydrogens (tertiary/aromatic N) is 1. The molecule has 0 spiro atoms. The highest BCUT2D eigenvalue weighted by molar-refractivity contribution is 9.09. The zero-order valence-electron chi connectivity index (χ0n) is 28.6. The smallest absolute Gasteiger partial charge is 0.165 e. The minimum absolute atomic E-state index is 0.176. The van der Waals surface area contributed by atoms with Crippen LogP contribution in [0.5, 0.6) is 0 Å². The van der Waals surface area contributed by atoms with Crippen molar-refractivity contribution in [2.75, 3.05) is 19.6 Å². The van der Waals surface area contributed by atoms with Crippen molar-refractivity contribution in [3.8, 4) is 0 Å². The number of hydrogen-bond donors (Lipinski definition) is 2. The molecule has 0 aliphatic heterocycles. The van der Waals surface area contributed by atoms with Gasteiger partial charge in [0, 0.05) is 46.9 Å². The Morgan fingerprint density at radius 3 is 1.69 bits per heavy atom. The van der Waals surface area contributed by atoms with Crippen molar-refractivity contribution in [2.24, 2.45) is 5.73 Å². The third-order valence-electron chi connectivity index (χ3n) is 10.0. The van der Waals surface area contributed by atoms with E-state index in [1.807, 2.05) is 42.5 Å². The van der Waals surface area contributed by atoms with Crippen LogP contribution in [0.15, 0.2) is 97.1 Å². The summed E-state index contributed by atoms with van der Waals surface area (Å²) in [4.78, 5) is 25.9. The summed E-state index contributed by atoms with van der Waals surface area (Å²) in [5.74, 6) is 0.520. The summed E-state index contributed by atoms with van der Waals surface area (Å²) in [5.41, 5.74) is 15.6. The standard InChI is InChI=1S/C18H17NO.C9H7BrO.C9H11N.C6H15N/c20-18-11-17(14-7-3-4-8-15(14)18)19-16-10-9-12-5-1-2-6-13(12)16;10-8-5-9(11)7-4-2-1-3-6(7)8;10-9-6-5-7-3-1-2-4-8(7)9;1-4-7(5-2)6-3/h1-8,16-17,19H,9-11H2;1-4,8H,5H2;1-4,9H,5-6,10H2;4-6H2,1-3H3. The topological polar surface area (TPSA) is 75.4 Å². The largest absolute Gasteiger partial charge is 0.324 e. The summed E-state index contributed by atoms with van der Waals surface area (Å²) in [6.07, 6.45) is 5.76. The molecule has 6 heteroatoms. The van der Waals surface area contributed by atoms with E-state index in [4.69, 9.17) is 5.73 Å². The highest BCUT2D eigenvalue weighted by Crippen LogP contribution is 2.38. The van der Waals surface area contributed by atoms with Crippen molar-refractivity contribution in [3.05, 3.63) is 142 Å². The Morgan fingerprint density at radius 2 is 1.10 bits per heavy atom. The molecule has 4 aliphatic carbocycles. The zero-order chi connectivity index (χ0) is 34.0. The maximum atomic E-state index is 12.1. The molecule has 8 rings (SSSR count). The lowest BCUT2D eigenvalue weighted by Gasteiger charge is -2.20. The molecular weight excluding hydrogens is 658 g/mol. The van der Waals surface area contributed by atoms with Gasteiger partial charge in [0.2, 0.25) is 0 Å². The summed E-state index contributed by atoms with van der Waals surface area (Å²) in [6.45, 7) is 10.1. The monoisotopic (exact) mass is 707 g/mol. The van der Waals surface area contributed by atoms with Crippen LogP contribution in [0.25, 0.3) is 0 Å². The number of ketones is 2. The molecule has 4 aliphatic rings. The van der Waals surface area contributed by atoms with E-state index in [1.165, 1.54) is 47.5 Å². The third kappa shape index (κ3) is 8.59. The molecule has 0 saturated carbocycles. The summed E-state index contributed by atoms with van der Waals surface area (Å²) < 4.78 is 0. The number of benzene rings is 4. The number of alkyl halides is 1. The van der Waals surface area contributed by atoms with Crippen LogP contribution in [0.3, 0.4) is 0 Å². The van der Waals surface area contributed by atoms with Gasteiger partial charge in [-0.25, -0.2) is 0 Å². The van der Waals surface area contributed by atoms with Crippen molar-refractivity contribution in [3.63, 3.8) is 0 Å². The number of fused-ring (bicyclic) bond motifs is 4. The fourth-order valence-electron chi connectivity index (χ4n) is 7.25. The molecule has 0 radical (unpaired) electrons. The van der Waals surface area contributed by atoms with Gasteiger partial charge < -0.3 is 16.0 Å². The van der Waals surface area contributed by atoms with E-state index in [1.54, 1.807) is 0 Å². The Bertz CT molecular complexity index is 1680. The Balaban J connectivity index is 0.000000137. The van der Waals surface area contributed by atoms with Crippen molar-refractivity contribution in [1.82, 2.24) is 10.2 Å². The van der Waals surface area contributed by atoms with Gasteiger partial charge in [0.15, 0.2) is 11.6 Å². The Labute approximate surface area is 295 Å². The molecule has 3 N–H and O–H groups in total. The number of aryl methyl sites for hydroxylation is 2. The molecule has 4 aromatic rings. The van der Waals surface area contributed by atoms with Gasteiger partial charge in [0.25, 0.3) is 0 Å². The number of hydrogen-bond acceptors (Lipinski definition) is 5. The summed E-state index contributed by atoms with van der Waals surface area (Å²) >= 11 is 3.46. The number of nitrogens with one attached hydrogen (secondary N) is 1. The van der Waals surface area contributed by atoms with E-state index in [9.17, 15) is 9.59 Å². The Morgan fingerprint density at radius 1 is 0.625 bits per heavy atom. The number of carbonyl (C=O) groups is 2. The highest BCUT2D eigenvalue weighted by atomic mass is 79.9. The van der Waals surface area contributed by atoms with Gasteiger partial charge in [-0.15, -0.1) is 0 Å². The first-order chi connectivity index (χ1) is 23.3. The molecule has 4 unspecified atom stereocenters. The maximum absolute atomic E-state index is 12.1. The highest BCUT2D eigenvalue weighted by Gasteiger charge is 2.32. The molecule has 0 amide bonds. The predicted octanol–water partition coefficient (Wildman–Crippen LogP) is 9.28. The first kappa shape index (κ1) is 35.9. The van der Waals surface area contributed by atoms with Crippen LogP contribution in [0.1, 0.15) is 124 Å². The van der Waals surface area contributed by atoms with Crippen LogP contribution in [-0.4, -0.2) is 36.1 Å². The number of carbonyl (C=O) groups excluding carboxylic acids is 2. The molecule has 0 saturated heterocycles. The number of rotatable bonds is 5. The van der Waals surface area contributed by atoms with Crippen molar-refractivity contribution in [1.29, 1.82) is 0 Å². The van der Waals surface area contributed by atoms with Crippen LogP contribution < -0.4 is 11.1 Å². The Hall–Kier alpha value is -3.42. The maximum Gasteiger partial charge on any atom is 0.165 e. The van der Waals surface area contributed by atoms with E-state index in [0.29, 0.717) is 24.9 Å². The molecule has 48 heavy (non-hydrogen) atoms. The first-order valence-electron chi connectivity index (χ1n) is 17.6. The summed E-state index contributed by atoms with van der Waals surface area (Å²) in [5, 5.41) is 3.70. The van der Waals surface area contributed by atoms with Gasteiger partial charge in [-0.2, -0.15) is 0 Å². The number of halogens is 1. The van der Waals surface area contributed by atoms with Crippen LogP contribution in [0.4, 0.5) is 0 Å².